The number of carbonyl (C=O) groups excluding carboxylic acids is 1. The van der Waals surface area contributed by atoms with Gasteiger partial charge in [0.1, 0.15) is 0 Å². The summed E-state index contributed by atoms with van der Waals surface area (Å²) >= 11 is 0. The van der Waals surface area contributed by atoms with Crippen LogP contribution in [0.1, 0.15) is 58.1 Å². The Morgan fingerprint density at radius 1 is 1.08 bits per heavy atom. The fraction of sp³-hybridized carbons (Fsp3) is 0.650. The molecule has 0 atom stereocenters. The summed E-state index contributed by atoms with van der Waals surface area (Å²) in [6.45, 7) is 9.55. The number of amides is 1. The van der Waals surface area contributed by atoms with Gasteiger partial charge in [-0.15, -0.1) is 0 Å². The molecule has 2 rings (SSSR count). The van der Waals surface area contributed by atoms with Gasteiger partial charge in [0.05, 0.1) is 5.56 Å². The van der Waals surface area contributed by atoms with E-state index in [0.717, 1.165) is 12.8 Å². The van der Waals surface area contributed by atoms with Gasteiger partial charge >= 0.3 is 6.18 Å². The quantitative estimate of drug-likeness (QED) is 0.757. The van der Waals surface area contributed by atoms with E-state index in [1.807, 2.05) is 27.7 Å². The van der Waals surface area contributed by atoms with Gasteiger partial charge in [-0.25, -0.2) is 0 Å². The number of carbonyl (C=O) groups is 1. The molecule has 0 aromatic heterocycles. The van der Waals surface area contributed by atoms with Gasteiger partial charge in [-0.1, -0.05) is 40.2 Å². The lowest BCUT2D eigenvalue weighted by Crippen LogP contribution is -2.49. The standard InChI is InChI=1S/C20H29F3N2O/c1-5-6-7-18(26)25-12-10-24(11-13-25)17-9-8-15(19(2,3)4)14-16(17)20(21,22)23/h8-9,14H,5-7,10-13H2,1-4H3. The topological polar surface area (TPSA) is 23.6 Å². The van der Waals surface area contributed by atoms with E-state index < -0.39 is 11.7 Å². The van der Waals surface area contributed by atoms with Crippen LogP contribution in [0.3, 0.4) is 0 Å². The Hall–Kier alpha value is -1.72. The zero-order valence-electron chi connectivity index (χ0n) is 16.1. The van der Waals surface area contributed by atoms with Crippen LogP contribution in [0.4, 0.5) is 18.9 Å². The van der Waals surface area contributed by atoms with Crippen LogP contribution >= 0.6 is 0 Å². The first kappa shape index (κ1) is 20.6. The molecular weight excluding hydrogens is 341 g/mol. The monoisotopic (exact) mass is 370 g/mol. The lowest BCUT2D eigenvalue weighted by atomic mass is 9.85. The Bertz CT molecular complexity index is 627. The average Bonchev–Trinajstić information content (AvgIpc) is 2.57. The molecule has 0 unspecified atom stereocenters. The zero-order valence-corrected chi connectivity index (χ0v) is 16.1. The number of nitrogens with zero attached hydrogens (tertiary/aromatic N) is 2. The van der Waals surface area contributed by atoms with Crippen LogP contribution in [0.25, 0.3) is 0 Å². The van der Waals surface area contributed by atoms with E-state index in [-0.39, 0.29) is 17.0 Å². The van der Waals surface area contributed by atoms with Crippen LogP contribution in [0.15, 0.2) is 18.2 Å². The first-order valence-corrected chi connectivity index (χ1v) is 9.28. The molecule has 0 spiro atoms. The number of halogens is 3. The Kier molecular flexibility index (Phi) is 6.25. The van der Waals surface area contributed by atoms with Crippen LogP contribution < -0.4 is 4.90 Å². The van der Waals surface area contributed by atoms with Gasteiger partial charge in [-0.3, -0.25) is 4.79 Å². The molecule has 0 saturated carbocycles. The summed E-state index contributed by atoms with van der Waals surface area (Å²) in [6.07, 6.45) is -2.07. The molecule has 0 bridgehead atoms. The molecule has 1 aliphatic heterocycles. The molecule has 146 valence electrons. The van der Waals surface area contributed by atoms with Gasteiger partial charge in [0, 0.05) is 38.3 Å². The largest absolute Gasteiger partial charge is 0.418 e. The van der Waals surface area contributed by atoms with Gasteiger partial charge < -0.3 is 9.80 Å². The number of hydrogen-bond acceptors (Lipinski definition) is 2. The van der Waals surface area contributed by atoms with Crippen molar-refractivity contribution in [3.8, 4) is 0 Å². The van der Waals surface area contributed by atoms with Gasteiger partial charge in [0.15, 0.2) is 0 Å². The van der Waals surface area contributed by atoms with Crippen LogP contribution in [0, 0.1) is 0 Å². The van der Waals surface area contributed by atoms with Gasteiger partial charge in [0.25, 0.3) is 0 Å². The third kappa shape index (κ3) is 4.92. The highest BCUT2D eigenvalue weighted by Gasteiger charge is 2.36. The predicted molar refractivity (Wildman–Crippen MR) is 98.5 cm³/mol. The van der Waals surface area contributed by atoms with Crippen LogP contribution in [0.5, 0.6) is 0 Å². The predicted octanol–water partition coefficient (Wildman–Crippen LogP) is 4.84. The smallest absolute Gasteiger partial charge is 0.367 e. The molecule has 1 amide bonds. The Morgan fingerprint density at radius 3 is 2.19 bits per heavy atom. The summed E-state index contributed by atoms with van der Waals surface area (Å²) in [5, 5.41) is 0. The summed E-state index contributed by atoms with van der Waals surface area (Å²) in [5.74, 6) is 0.102. The van der Waals surface area contributed by atoms with Gasteiger partial charge in [0.2, 0.25) is 5.91 Å². The third-order valence-corrected chi connectivity index (χ3v) is 4.89. The first-order chi connectivity index (χ1) is 12.0. The van der Waals surface area contributed by atoms with Gasteiger partial charge in [-0.2, -0.15) is 13.2 Å². The maximum absolute atomic E-state index is 13.6. The summed E-state index contributed by atoms with van der Waals surface area (Å²) in [7, 11) is 0. The average molecular weight is 370 g/mol. The van der Waals surface area contributed by atoms with Crippen molar-refractivity contribution < 1.29 is 18.0 Å². The molecule has 26 heavy (non-hydrogen) atoms. The molecular formula is C20H29F3N2O. The van der Waals surface area contributed by atoms with Crippen molar-refractivity contribution in [3.05, 3.63) is 29.3 Å². The number of hydrogen-bond donors (Lipinski definition) is 0. The minimum Gasteiger partial charge on any atom is -0.367 e. The molecule has 0 N–H and O–H groups in total. The van der Waals surface area contributed by atoms with Crippen molar-refractivity contribution in [1.29, 1.82) is 0 Å². The van der Waals surface area contributed by atoms with Crippen LogP contribution in [-0.2, 0) is 16.4 Å². The maximum Gasteiger partial charge on any atom is 0.418 e. The lowest BCUT2D eigenvalue weighted by Gasteiger charge is -2.37. The van der Waals surface area contributed by atoms with Crippen LogP contribution in [0.2, 0.25) is 0 Å². The second-order valence-corrected chi connectivity index (χ2v) is 7.95. The van der Waals surface area contributed by atoms with Crippen LogP contribution in [-0.4, -0.2) is 37.0 Å². The molecule has 1 aromatic rings. The molecule has 1 aliphatic rings. The minimum atomic E-state index is -4.40. The highest BCUT2D eigenvalue weighted by Crippen LogP contribution is 2.39. The fourth-order valence-electron chi connectivity index (χ4n) is 3.19. The molecule has 0 aliphatic carbocycles. The van der Waals surface area contributed by atoms with E-state index in [1.165, 1.54) is 6.07 Å². The van der Waals surface area contributed by atoms with Gasteiger partial charge in [-0.05, 0) is 29.5 Å². The Balaban J connectivity index is 2.18. The number of anilines is 1. The van der Waals surface area contributed by atoms with Crippen molar-refractivity contribution in [2.45, 2.75) is 58.5 Å². The number of alkyl halides is 3. The zero-order chi connectivity index (χ0) is 19.5. The van der Waals surface area contributed by atoms with Crippen molar-refractivity contribution in [3.63, 3.8) is 0 Å². The number of benzene rings is 1. The molecule has 0 radical (unpaired) electrons. The number of unbranched alkanes of at least 4 members (excludes halogenated alkanes) is 1. The van der Waals surface area contributed by atoms with Crippen molar-refractivity contribution in [1.82, 2.24) is 4.90 Å². The minimum absolute atomic E-state index is 0.102. The first-order valence-electron chi connectivity index (χ1n) is 9.28. The van der Waals surface area contributed by atoms with Crippen molar-refractivity contribution in [2.24, 2.45) is 0 Å². The maximum atomic E-state index is 13.6. The van der Waals surface area contributed by atoms with E-state index in [2.05, 4.69) is 0 Å². The Labute approximate surface area is 154 Å². The molecule has 6 heteroatoms. The highest BCUT2D eigenvalue weighted by atomic mass is 19.4. The SMILES string of the molecule is CCCCC(=O)N1CCN(c2ccc(C(C)(C)C)cc2C(F)(F)F)CC1. The summed E-state index contributed by atoms with van der Waals surface area (Å²) in [5.41, 5.74) is -0.0491. The molecule has 1 fully saturated rings. The van der Waals surface area contributed by atoms with Crippen molar-refractivity contribution in [2.75, 3.05) is 31.1 Å². The van der Waals surface area contributed by atoms with E-state index in [4.69, 9.17) is 0 Å². The highest BCUT2D eigenvalue weighted by molar-refractivity contribution is 5.76. The molecule has 1 saturated heterocycles. The third-order valence-electron chi connectivity index (χ3n) is 4.89. The molecule has 3 nitrogen and oxygen atoms in total. The van der Waals surface area contributed by atoms with E-state index in [0.29, 0.717) is 38.2 Å². The molecule has 1 aromatic carbocycles. The lowest BCUT2D eigenvalue weighted by molar-refractivity contribution is -0.137. The van der Waals surface area contributed by atoms with Crippen molar-refractivity contribution >= 4 is 11.6 Å². The second kappa shape index (κ2) is 7.89. The summed E-state index contributed by atoms with van der Waals surface area (Å²) < 4.78 is 40.9. The fourth-order valence-corrected chi connectivity index (χ4v) is 3.19. The second-order valence-electron chi connectivity index (χ2n) is 7.95. The Morgan fingerprint density at radius 2 is 1.69 bits per heavy atom. The van der Waals surface area contributed by atoms with E-state index in [1.54, 1.807) is 21.9 Å². The summed E-state index contributed by atoms with van der Waals surface area (Å²) in [6, 6.07) is 4.63. The number of rotatable bonds is 4. The molecule has 1 heterocycles. The normalized spacial score (nSPS) is 16.1. The summed E-state index contributed by atoms with van der Waals surface area (Å²) in [4.78, 5) is 15.6. The van der Waals surface area contributed by atoms with E-state index >= 15 is 0 Å². The van der Waals surface area contributed by atoms with E-state index in [9.17, 15) is 18.0 Å². The number of piperazine rings is 1.